The zero-order valence-corrected chi connectivity index (χ0v) is 12.7. The molecule has 0 radical (unpaired) electrons. The molecule has 0 fully saturated rings. The van der Waals surface area contributed by atoms with Gasteiger partial charge in [-0.2, -0.15) is 0 Å². The maximum Gasteiger partial charge on any atom is 0.222 e. The lowest BCUT2D eigenvalue weighted by atomic mass is 10.0. The lowest BCUT2D eigenvalue weighted by molar-refractivity contribution is -0.130. The molecule has 1 amide bonds. The molecular formula is C14H23N3OS. The van der Waals surface area contributed by atoms with E-state index in [9.17, 15) is 4.79 Å². The Balaban J connectivity index is 1.86. The zero-order chi connectivity index (χ0) is 13.7. The van der Waals surface area contributed by atoms with E-state index in [-0.39, 0.29) is 5.91 Å². The number of aryl methyl sites for hydroxylation is 2. The summed E-state index contributed by atoms with van der Waals surface area (Å²) < 4.78 is 0. The van der Waals surface area contributed by atoms with E-state index in [0.29, 0.717) is 13.0 Å². The zero-order valence-electron chi connectivity index (χ0n) is 11.9. The minimum atomic E-state index is 0.212. The Hall–Kier alpha value is -0.940. The SMILES string of the molecule is CNCCCC(=O)N(C)Cc1nc2c(s1)CCCC2. The fourth-order valence-electron chi connectivity index (χ4n) is 2.37. The number of aromatic nitrogens is 1. The van der Waals surface area contributed by atoms with E-state index >= 15 is 0 Å². The van der Waals surface area contributed by atoms with E-state index in [1.54, 1.807) is 16.2 Å². The van der Waals surface area contributed by atoms with Crippen LogP contribution in [0, 0.1) is 0 Å². The summed E-state index contributed by atoms with van der Waals surface area (Å²) in [5.41, 5.74) is 1.28. The Morgan fingerprint density at radius 2 is 2.21 bits per heavy atom. The van der Waals surface area contributed by atoms with Crippen LogP contribution >= 0.6 is 11.3 Å². The summed E-state index contributed by atoms with van der Waals surface area (Å²) in [5.74, 6) is 0.212. The lowest BCUT2D eigenvalue weighted by Gasteiger charge is -2.15. The van der Waals surface area contributed by atoms with Crippen LogP contribution in [-0.4, -0.2) is 36.4 Å². The Kier molecular flexibility index (Phi) is 5.34. The van der Waals surface area contributed by atoms with Crippen molar-refractivity contribution in [3.8, 4) is 0 Å². The number of nitrogens with zero attached hydrogens (tertiary/aromatic N) is 2. The van der Waals surface area contributed by atoms with Gasteiger partial charge in [0.15, 0.2) is 0 Å². The second-order valence-corrected chi connectivity index (χ2v) is 6.31. The Morgan fingerprint density at radius 3 is 2.95 bits per heavy atom. The molecule has 4 nitrogen and oxygen atoms in total. The van der Waals surface area contributed by atoms with Crippen molar-refractivity contribution in [2.24, 2.45) is 0 Å². The van der Waals surface area contributed by atoms with Crippen molar-refractivity contribution in [1.82, 2.24) is 15.2 Å². The first kappa shape index (κ1) is 14.5. The first-order valence-electron chi connectivity index (χ1n) is 7.06. The highest BCUT2D eigenvalue weighted by Crippen LogP contribution is 2.27. The van der Waals surface area contributed by atoms with Gasteiger partial charge in [0, 0.05) is 18.3 Å². The molecule has 0 unspecified atom stereocenters. The number of rotatable bonds is 6. The topological polar surface area (TPSA) is 45.2 Å². The van der Waals surface area contributed by atoms with E-state index in [1.165, 1.54) is 29.8 Å². The molecular weight excluding hydrogens is 258 g/mol. The second-order valence-electron chi connectivity index (χ2n) is 5.14. The molecule has 1 N–H and O–H groups in total. The average molecular weight is 281 g/mol. The summed E-state index contributed by atoms with van der Waals surface area (Å²) in [6.07, 6.45) is 6.34. The Bertz CT molecular complexity index is 407. The minimum absolute atomic E-state index is 0.212. The number of hydrogen-bond donors (Lipinski definition) is 1. The summed E-state index contributed by atoms with van der Waals surface area (Å²) >= 11 is 1.79. The van der Waals surface area contributed by atoms with Crippen LogP contribution in [0.3, 0.4) is 0 Å². The Labute approximate surface area is 119 Å². The van der Waals surface area contributed by atoms with Gasteiger partial charge in [-0.1, -0.05) is 0 Å². The third-order valence-electron chi connectivity index (χ3n) is 3.51. The fraction of sp³-hybridized carbons (Fsp3) is 0.714. The molecule has 0 aromatic carbocycles. The average Bonchev–Trinajstić information content (AvgIpc) is 2.80. The number of thiazole rings is 1. The van der Waals surface area contributed by atoms with Gasteiger partial charge in [0.05, 0.1) is 12.2 Å². The van der Waals surface area contributed by atoms with Gasteiger partial charge < -0.3 is 10.2 Å². The second kappa shape index (κ2) is 7.01. The molecule has 0 aliphatic heterocycles. The standard InChI is InChI=1S/C14H23N3OS/c1-15-9-5-8-14(18)17(2)10-13-16-11-6-3-4-7-12(11)19-13/h15H,3-10H2,1-2H3. The molecule has 1 heterocycles. The summed E-state index contributed by atoms with van der Waals surface area (Å²) in [7, 11) is 3.79. The van der Waals surface area contributed by atoms with E-state index < -0.39 is 0 Å². The van der Waals surface area contributed by atoms with Gasteiger partial charge in [-0.15, -0.1) is 11.3 Å². The van der Waals surface area contributed by atoms with Gasteiger partial charge in [0.25, 0.3) is 0 Å². The molecule has 0 saturated carbocycles. The lowest BCUT2D eigenvalue weighted by Crippen LogP contribution is -2.26. The molecule has 5 heteroatoms. The van der Waals surface area contributed by atoms with Crippen molar-refractivity contribution in [2.75, 3.05) is 20.6 Å². The number of carbonyl (C=O) groups excluding carboxylic acids is 1. The fourth-order valence-corrected chi connectivity index (χ4v) is 3.58. The molecule has 0 atom stereocenters. The molecule has 0 bridgehead atoms. The van der Waals surface area contributed by atoms with Gasteiger partial charge in [-0.05, 0) is 45.7 Å². The van der Waals surface area contributed by atoms with Crippen LogP contribution in [0.2, 0.25) is 0 Å². The first-order chi connectivity index (χ1) is 9.20. The normalized spacial score (nSPS) is 14.2. The first-order valence-corrected chi connectivity index (χ1v) is 7.88. The van der Waals surface area contributed by atoms with Crippen molar-refractivity contribution in [3.63, 3.8) is 0 Å². The monoisotopic (exact) mass is 281 g/mol. The molecule has 0 saturated heterocycles. The molecule has 1 aromatic rings. The molecule has 19 heavy (non-hydrogen) atoms. The third-order valence-corrected chi connectivity index (χ3v) is 4.65. The number of fused-ring (bicyclic) bond motifs is 1. The van der Waals surface area contributed by atoms with Crippen LogP contribution in [0.4, 0.5) is 0 Å². The van der Waals surface area contributed by atoms with Crippen LogP contribution in [0.15, 0.2) is 0 Å². The van der Waals surface area contributed by atoms with E-state index in [1.807, 2.05) is 14.1 Å². The van der Waals surface area contributed by atoms with Crippen LogP contribution in [0.1, 0.15) is 41.3 Å². The smallest absolute Gasteiger partial charge is 0.222 e. The maximum atomic E-state index is 11.9. The highest BCUT2D eigenvalue weighted by atomic mass is 32.1. The van der Waals surface area contributed by atoms with Gasteiger partial charge in [0.1, 0.15) is 5.01 Å². The molecule has 1 aromatic heterocycles. The van der Waals surface area contributed by atoms with E-state index in [4.69, 9.17) is 0 Å². The molecule has 0 spiro atoms. The van der Waals surface area contributed by atoms with Crippen molar-refractivity contribution in [3.05, 3.63) is 15.6 Å². The van der Waals surface area contributed by atoms with Gasteiger partial charge in [0.2, 0.25) is 5.91 Å². The van der Waals surface area contributed by atoms with Crippen LogP contribution in [-0.2, 0) is 24.2 Å². The summed E-state index contributed by atoms with van der Waals surface area (Å²) in [6.45, 7) is 1.56. The van der Waals surface area contributed by atoms with E-state index in [0.717, 1.165) is 24.4 Å². The summed E-state index contributed by atoms with van der Waals surface area (Å²) in [4.78, 5) is 19.9. The summed E-state index contributed by atoms with van der Waals surface area (Å²) in [6, 6.07) is 0. The van der Waals surface area contributed by atoms with Gasteiger partial charge in [-0.3, -0.25) is 4.79 Å². The highest BCUT2D eigenvalue weighted by Gasteiger charge is 2.17. The van der Waals surface area contributed by atoms with Gasteiger partial charge >= 0.3 is 0 Å². The Morgan fingerprint density at radius 1 is 1.42 bits per heavy atom. The van der Waals surface area contributed by atoms with Crippen molar-refractivity contribution >= 4 is 17.2 Å². The number of carbonyl (C=O) groups is 1. The van der Waals surface area contributed by atoms with Crippen LogP contribution in [0.5, 0.6) is 0 Å². The molecule has 106 valence electrons. The highest BCUT2D eigenvalue weighted by molar-refractivity contribution is 7.11. The predicted molar refractivity (Wildman–Crippen MR) is 78.4 cm³/mol. The molecule has 2 rings (SSSR count). The largest absolute Gasteiger partial charge is 0.339 e. The van der Waals surface area contributed by atoms with Crippen molar-refractivity contribution in [1.29, 1.82) is 0 Å². The number of amides is 1. The third kappa shape index (κ3) is 4.01. The van der Waals surface area contributed by atoms with E-state index in [2.05, 4.69) is 10.3 Å². The quantitative estimate of drug-likeness (QED) is 0.811. The van der Waals surface area contributed by atoms with Gasteiger partial charge in [-0.25, -0.2) is 4.98 Å². The maximum absolute atomic E-state index is 11.9. The minimum Gasteiger partial charge on any atom is -0.339 e. The van der Waals surface area contributed by atoms with Crippen LogP contribution < -0.4 is 5.32 Å². The number of hydrogen-bond acceptors (Lipinski definition) is 4. The van der Waals surface area contributed by atoms with Crippen molar-refractivity contribution < 1.29 is 4.79 Å². The number of nitrogens with one attached hydrogen (secondary N) is 1. The molecule has 1 aliphatic carbocycles. The summed E-state index contributed by atoms with van der Waals surface area (Å²) in [5, 5.41) is 4.16. The van der Waals surface area contributed by atoms with Crippen molar-refractivity contribution in [2.45, 2.75) is 45.1 Å². The predicted octanol–water partition coefficient (Wildman–Crippen LogP) is 1.98. The van der Waals surface area contributed by atoms with Crippen LogP contribution in [0.25, 0.3) is 0 Å². The molecule has 1 aliphatic rings.